The van der Waals surface area contributed by atoms with Crippen molar-refractivity contribution in [3.05, 3.63) is 46.4 Å². The van der Waals surface area contributed by atoms with Crippen molar-refractivity contribution in [3.8, 4) is 23.0 Å². The first-order valence-electron chi connectivity index (χ1n) is 7.77. The van der Waals surface area contributed by atoms with Gasteiger partial charge in [-0.25, -0.2) is 5.43 Å². The normalized spacial score (nSPS) is 10.6. The van der Waals surface area contributed by atoms with Crippen LogP contribution in [0.25, 0.3) is 0 Å². The number of nitrogens with zero attached hydrogens (tertiary/aromatic N) is 1. The number of benzene rings is 2. The maximum atomic E-state index is 11.8. The van der Waals surface area contributed by atoms with E-state index in [-0.39, 0.29) is 12.4 Å². The quantitative estimate of drug-likeness (QED) is 0.503. The Bertz CT molecular complexity index is 778. The lowest BCUT2D eigenvalue weighted by atomic mass is 10.2. The number of carbonyl (C=O) groups is 1. The summed E-state index contributed by atoms with van der Waals surface area (Å²) in [6.45, 7) is 2.06. The number of aromatic hydroxyl groups is 1. The summed E-state index contributed by atoms with van der Waals surface area (Å²) in [6.07, 6.45) is 1.44. The van der Waals surface area contributed by atoms with E-state index in [9.17, 15) is 9.90 Å². The smallest absolute Gasteiger partial charge is 0.277 e. The molecule has 0 aliphatic rings. The van der Waals surface area contributed by atoms with Gasteiger partial charge in [-0.05, 0) is 64.8 Å². The Labute approximate surface area is 159 Å². The van der Waals surface area contributed by atoms with Crippen molar-refractivity contribution in [2.45, 2.75) is 6.92 Å². The lowest BCUT2D eigenvalue weighted by molar-refractivity contribution is -0.123. The molecular weight excluding hydrogens is 404 g/mol. The monoisotopic (exact) mass is 422 g/mol. The molecule has 0 radical (unpaired) electrons. The van der Waals surface area contributed by atoms with E-state index in [4.69, 9.17) is 14.2 Å². The van der Waals surface area contributed by atoms with Crippen molar-refractivity contribution >= 4 is 28.1 Å². The van der Waals surface area contributed by atoms with E-state index in [0.29, 0.717) is 33.9 Å². The molecule has 0 atom stereocenters. The van der Waals surface area contributed by atoms with Crippen LogP contribution in [0.5, 0.6) is 23.0 Å². The molecule has 1 amide bonds. The number of methoxy groups -OCH3 is 1. The third-order valence-electron chi connectivity index (χ3n) is 3.18. The van der Waals surface area contributed by atoms with Gasteiger partial charge < -0.3 is 19.3 Å². The molecule has 0 spiro atoms. The van der Waals surface area contributed by atoms with Gasteiger partial charge in [0, 0.05) is 0 Å². The van der Waals surface area contributed by atoms with Gasteiger partial charge >= 0.3 is 0 Å². The molecule has 0 saturated heterocycles. The summed E-state index contributed by atoms with van der Waals surface area (Å²) in [6, 6.07) is 10.2. The van der Waals surface area contributed by atoms with Gasteiger partial charge in [-0.3, -0.25) is 4.79 Å². The van der Waals surface area contributed by atoms with Crippen LogP contribution in [-0.4, -0.2) is 37.6 Å². The molecule has 138 valence electrons. The molecule has 2 aromatic carbocycles. The van der Waals surface area contributed by atoms with Crippen LogP contribution in [0.1, 0.15) is 12.5 Å². The Balaban J connectivity index is 1.88. The standard InChI is InChI=1S/C18H19BrN2O5/c1-3-25-16-9-12(8-15(19)18(16)23)10-20-21-17(22)11-26-14-6-4-13(24-2)5-7-14/h4-10,23H,3,11H2,1-2H3,(H,21,22)/b20-10-. The van der Waals surface area contributed by atoms with E-state index in [1.165, 1.54) is 6.21 Å². The summed E-state index contributed by atoms with van der Waals surface area (Å²) >= 11 is 3.24. The SMILES string of the molecule is CCOc1cc(/C=N\NC(=O)COc2ccc(OC)cc2)cc(Br)c1O. The van der Waals surface area contributed by atoms with Crippen LogP contribution in [0.15, 0.2) is 46.0 Å². The third kappa shape index (κ3) is 5.66. The number of hydrazone groups is 1. The molecule has 0 aromatic heterocycles. The molecule has 0 heterocycles. The Hall–Kier alpha value is -2.74. The second-order valence-corrected chi connectivity index (χ2v) is 5.89. The molecule has 0 unspecified atom stereocenters. The topological polar surface area (TPSA) is 89.4 Å². The van der Waals surface area contributed by atoms with Crippen LogP contribution in [0.3, 0.4) is 0 Å². The van der Waals surface area contributed by atoms with E-state index in [0.717, 1.165) is 0 Å². The highest BCUT2D eigenvalue weighted by atomic mass is 79.9. The summed E-state index contributed by atoms with van der Waals surface area (Å²) in [5.41, 5.74) is 3.02. The predicted molar refractivity (Wildman–Crippen MR) is 101 cm³/mol. The lowest BCUT2D eigenvalue weighted by Gasteiger charge is -2.08. The van der Waals surface area contributed by atoms with Crippen LogP contribution in [0, 0.1) is 0 Å². The average molecular weight is 423 g/mol. The third-order valence-corrected chi connectivity index (χ3v) is 3.79. The molecule has 26 heavy (non-hydrogen) atoms. The Kier molecular flexibility index (Phi) is 7.28. The Morgan fingerprint density at radius 1 is 1.23 bits per heavy atom. The van der Waals surface area contributed by atoms with Crippen LogP contribution < -0.4 is 19.6 Å². The second kappa shape index (κ2) is 9.67. The molecule has 0 fully saturated rings. The first-order valence-corrected chi connectivity index (χ1v) is 8.56. The zero-order valence-corrected chi connectivity index (χ0v) is 15.9. The molecular formula is C18H19BrN2O5. The number of halogens is 1. The van der Waals surface area contributed by atoms with Crippen LogP contribution in [0.4, 0.5) is 0 Å². The van der Waals surface area contributed by atoms with Gasteiger partial charge in [0.1, 0.15) is 11.5 Å². The number of hydrogen-bond donors (Lipinski definition) is 2. The fourth-order valence-corrected chi connectivity index (χ4v) is 2.43. The van der Waals surface area contributed by atoms with Gasteiger partial charge in [0.25, 0.3) is 5.91 Å². The molecule has 0 saturated carbocycles. The highest BCUT2D eigenvalue weighted by Gasteiger charge is 2.08. The highest BCUT2D eigenvalue weighted by molar-refractivity contribution is 9.10. The van der Waals surface area contributed by atoms with Gasteiger partial charge in [0.15, 0.2) is 18.1 Å². The summed E-state index contributed by atoms with van der Waals surface area (Å²) in [5, 5.41) is 13.7. The Morgan fingerprint density at radius 3 is 2.58 bits per heavy atom. The average Bonchev–Trinajstić information content (AvgIpc) is 2.64. The first kappa shape index (κ1) is 19.6. The maximum Gasteiger partial charge on any atom is 0.277 e. The number of ether oxygens (including phenoxy) is 3. The van der Waals surface area contributed by atoms with Crippen LogP contribution >= 0.6 is 15.9 Å². The summed E-state index contributed by atoms with van der Waals surface area (Å²) < 4.78 is 16.2. The van der Waals surface area contributed by atoms with Crippen molar-refractivity contribution < 1.29 is 24.1 Å². The van der Waals surface area contributed by atoms with Gasteiger partial charge in [-0.2, -0.15) is 5.10 Å². The van der Waals surface area contributed by atoms with Crippen LogP contribution in [-0.2, 0) is 4.79 Å². The molecule has 7 nitrogen and oxygen atoms in total. The van der Waals surface area contributed by atoms with E-state index < -0.39 is 5.91 Å². The zero-order valence-electron chi connectivity index (χ0n) is 14.4. The van der Waals surface area contributed by atoms with Gasteiger partial charge in [0.05, 0.1) is 24.4 Å². The minimum absolute atomic E-state index is 0.0147. The molecule has 2 N–H and O–H groups in total. The first-order chi connectivity index (χ1) is 12.5. The summed E-state index contributed by atoms with van der Waals surface area (Å²) in [5.74, 6) is 1.20. The molecule has 8 heteroatoms. The van der Waals surface area contributed by atoms with Crippen molar-refractivity contribution in [1.29, 1.82) is 0 Å². The summed E-state index contributed by atoms with van der Waals surface area (Å²) in [4.78, 5) is 11.8. The number of phenols is 1. The van der Waals surface area contributed by atoms with Crippen molar-refractivity contribution in [1.82, 2.24) is 5.43 Å². The molecule has 0 aliphatic heterocycles. The van der Waals surface area contributed by atoms with Gasteiger partial charge in [0.2, 0.25) is 0 Å². The van der Waals surface area contributed by atoms with Crippen molar-refractivity contribution in [2.24, 2.45) is 5.10 Å². The maximum absolute atomic E-state index is 11.8. The number of carbonyl (C=O) groups excluding carboxylic acids is 1. The van der Waals surface area contributed by atoms with E-state index in [1.54, 1.807) is 43.5 Å². The number of nitrogens with one attached hydrogen (secondary N) is 1. The second-order valence-electron chi connectivity index (χ2n) is 5.04. The van der Waals surface area contributed by atoms with Crippen LogP contribution in [0.2, 0.25) is 0 Å². The zero-order chi connectivity index (χ0) is 18.9. The predicted octanol–water partition coefficient (Wildman–Crippen LogP) is 3.09. The largest absolute Gasteiger partial charge is 0.503 e. The minimum atomic E-state index is -0.403. The van der Waals surface area contributed by atoms with Gasteiger partial charge in [-0.1, -0.05) is 0 Å². The number of rotatable bonds is 8. The molecule has 2 aromatic rings. The number of phenolic OH excluding ortho intramolecular Hbond substituents is 1. The molecule has 0 bridgehead atoms. The fourth-order valence-electron chi connectivity index (χ4n) is 1.97. The molecule has 2 rings (SSSR count). The van der Waals surface area contributed by atoms with E-state index in [2.05, 4.69) is 26.5 Å². The lowest BCUT2D eigenvalue weighted by Crippen LogP contribution is -2.24. The van der Waals surface area contributed by atoms with Gasteiger partial charge in [-0.15, -0.1) is 0 Å². The Morgan fingerprint density at radius 2 is 1.92 bits per heavy atom. The summed E-state index contributed by atoms with van der Waals surface area (Å²) in [7, 11) is 1.57. The minimum Gasteiger partial charge on any atom is -0.503 e. The fraction of sp³-hybridized carbons (Fsp3) is 0.222. The molecule has 0 aliphatic carbocycles. The van der Waals surface area contributed by atoms with E-state index in [1.807, 2.05) is 6.92 Å². The highest BCUT2D eigenvalue weighted by Crippen LogP contribution is 2.35. The van der Waals surface area contributed by atoms with Crippen molar-refractivity contribution in [2.75, 3.05) is 20.3 Å². The van der Waals surface area contributed by atoms with E-state index >= 15 is 0 Å². The number of hydrogen-bond acceptors (Lipinski definition) is 6. The number of amides is 1. The van der Waals surface area contributed by atoms with Crippen molar-refractivity contribution in [3.63, 3.8) is 0 Å².